The highest BCUT2D eigenvalue weighted by Crippen LogP contribution is 2.16. The van der Waals surface area contributed by atoms with E-state index >= 15 is 0 Å². The van der Waals surface area contributed by atoms with Gasteiger partial charge in [-0.15, -0.1) is 12.4 Å². The van der Waals surface area contributed by atoms with Gasteiger partial charge < -0.3 is 11.1 Å². The number of hydrogen-bond acceptors (Lipinski definition) is 2. The number of rotatable bonds is 5. The fourth-order valence-electron chi connectivity index (χ4n) is 2.77. The summed E-state index contributed by atoms with van der Waals surface area (Å²) in [5.74, 6) is 0.0580. The lowest BCUT2D eigenvalue weighted by atomic mass is 10.00. The molecule has 0 unspecified atom stereocenters. The van der Waals surface area contributed by atoms with Crippen LogP contribution in [0.1, 0.15) is 34.2 Å². The molecule has 0 saturated heterocycles. The minimum atomic E-state index is 0. The van der Waals surface area contributed by atoms with E-state index in [1.807, 2.05) is 24.3 Å². The molecule has 23 heavy (non-hydrogen) atoms. The third-order valence-corrected chi connectivity index (χ3v) is 3.98. The molecule has 0 heterocycles. The lowest BCUT2D eigenvalue weighted by Gasteiger charge is -2.12. The minimum absolute atomic E-state index is 0. The first-order valence-electron chi connectivity index (χ1n) is 7.64. The molecule has 4 heteroatoms. The number of aryl methyl sites for hydroxylation is 4. The minimum Gasteiger partial charge on any atom is -0.399 e. The first-order valence-corrected chi connectivity index (χ1v) is 7.64. The van der Waals surface area contributed by atoms with Crippen LogP contribution in [0.3, 0.4) is 0 Å². The topological polar surface area (TPSA) is 55.1 Å². The predicted molar refractivity (Wildman–Crippen MR) is 98.9 cm³/mol. The second-order valence-electron chi connectivity index (χ2n) is 5.85. The summed E-state index contributed by atoms with van der Waals surface area (Å²) in [6.07, 6.45) is 1.13. The summed E-state index contributed by atoms with van der Waals surface area (Å²) in [6.45, 7) is 6.85. The lowest BCUT2D eigenvalue weighted by Crippen LogP contribution is -2.24. The van der Waals surface area contributed by atoms with Crippen LogP contribution in [0.15, 0.2) is 36.4 Å². The van der Waals surface area contributed by atoms with Gasteiger partial charge in [0.25, 0.3) is 0 Å². The Morgan fingerprint density at radius 1 is 1.09 bits per heavy atom. The molecule has 3 N–H and O–H groups in total. The number of anilines is 1. The van der Waals surface area contributed by atoms with Crippen molar-refractivity contribution in [2.24, 2.45) is 0 Å². The maximum Gasteiger partial charge on any atom is 0.220 e. The first kappa shape index (κ1) is 19.0. The molecule has 2 aromatic carbocycles. The summed E-state index contributed by atoms with van der Waals surface area (Å²) in [6, 6.07) is 12.0. The van der Waals surface area contributed by atoms with E-state index < -0.39 is 0 Å². The van der Waals surface area contributed by atoms with Crippen LogP contribution in [0.25, 0.3) is 0 Å². The molecule has 1 amide bonds. The number of nitrogen functional groups attached to an aromatic ring is 1. The van der Waals surface area contributed by atoms with Gasteiger partial charge >= 0.3 is 0 Å². The van der Waals surface area contributed by atoms with Crippen LogP contribution < -0.4 is 11.1 Å². The van der Waals surface area contributed by atoms with Crippen LogP contribution in [0.5, 0.6) is 0 Å². The zero-order valence-corrected chi connectivity index (χ0v) is 14.8. The number of nitrogens with two attached hydrogens (primary N) is 1. The summed E-state index contributed by atoms with van der Waals surface area (Å²) in [7, 11) is 0. The van der Waals surface area contributed by atoms with E-state index in [0.717, 1.165) is 11.3 Å². The average Bonchev–Trinajstić information content (AvgIpc) is 2.45. The second kappa shape index (κ2) is 8.59. The highest BCUT2D eigenvalue weighted by Gasteiger charge is 2.07. The fourth-order valence-corrected chi connectivity index (χ4v) is 2.77. The van der Waals surface area contributed by atoms with Gasteiger partial charge in [0.15, 0.2) is 0 Å². The number of hydrogen-bond donors (Lipinski definition) is 2. The van der Waals surface area contributed by atoms with Crippen molar-refractivity contribution in [1.82, 2.24) is 5.32 Å². The smallest absolute Gasteiger partial charge is 0.220 e. The zero-order chi connectivity index (χ0) is 16.1. The van der Waals surface area contributed by atoms with E-state index in [0.29, 0.717) is 19.4 Å². The largest absolute Gasteiger partial charge is 0.399 e. The van der Waals surface area contributed by atoms with Gasteiger partial charge in [-0.05, 0) is 55.5 Å². The number of carbonyl (C=O) groups excluding carboxylic acids is 1. The quantitative estimate of drug-likeness (QED) is 0.817. The van der Waals surface area contributed by atoms with Crippen molar-refractivity contribution in [1.29, 1.82) is 0 Å². The van der Waals surface area contributed by atoms with Gasteiger partial charge in [0.1, 0.15) is 0 Å². The van der Waals surface area contributed by atoms with E-state index in [1.54, 1.807) is 0 Å². The molecule has 0 bridgehead atoms. The first-order chi connectivity index (χ1) is 10.5. The van der Waals surface area contributed by atoms with Crippen molar-refractivity contribution in [3.63, 3.8) is 0 Å². The number of nitrogens with one attached hydrogen (secondary N) is 1. The Morgan fingerprint density at radius 3 is 2.30 bits per heavy atom. The van der Waals surface area contributed by atoms with Crippen molar-refractivity contribution in [3.8, 4) is 0 Å². The Kier molecular flexibility index (Phi) is 7.11. The molecule has 0 aromatic heterocycles. The summed E-state index contributed by atoms with van der Waals surface area (Å²) in [5, 5.41) is 3.01. The van der Waals surface area contributed by atoms with E-state index in [-0.39, 0.29) is 18.3 Å². The third kappa shape index (κ3) is 5.29. The molecular formula is C19H25ClN2O. The van der Waals surface area contributed by atoms with Gasteiger partial charge in [-0.1, -0.05) is 35.9 Å². The predicted octanol–water partition coefficient (Wildman–Crippen LogP) is 3.86. The van der Waals surface area contributed by atoms with E-state index in [1.165, 1.54) is 22.3 Å². The molecule has 0 fully saturated rings. The van der Waals surface area contributed by atoms with Crippen molar-refractivity contribution < 1.29 is 4.79 Å². The zero-order valence-electron chi connectivity index (χ0n) is 14.0. The summed E-state index contributed by atoms with van der Waals surface area (Å²) in [5.41, 5.74) is 12.6. The van der Waals surface area contributed by atoms with Gasteiger partial charge in [-0.2, -0.15) is 0 Å². The van der Waals surface area contributed by atoms with Crippen LogP contribution >= 0.6 is 12.4 Å². The molecule has 124 valence electrons. The number of amides is 1. The van der Waals surface area contributed by atoms with Crippen LogP contribution in [0.4, 0.5) is 5.69 Å². The Labute approximate surface area is 144 Å². The number of para-hydroxylation sites is 1. The molecule has 0 aliphatic rings. The summed E-state index contributed by atoms with van der Waals surface area (Å²) < 4.78 is 0. The van der Waals surface area contributed by atoms with Crippen LogP contribution in [-0.4, -0.2) is 5.91 Å². The highest BCUT2D eigenvalue weighted by atomic mass is 35.5. The van der Waals surface area contributed by atoms with Crippen molar-refractivity contribution in [2.75, 3.05) is 5.73 Å². The molecule has 0 aliphatic carbocycles. The summed E-state index contributed by atoms with van der Waals surface area (Å²) in [4.78, 5) is 12.0. The molecule has 0 atom stereocenters. The molecule has 2 rings (SSSR count). The van der Waals surface area contributed by atoms with Gasteiger partial charge in [-0.25, -0.2) is 0 Å². The van der Waals surface area contributed by atoms with E-state index in [2.05, 4.69) is 38.2 Å². The molecule has 0 saturated carbocycles. The summed E-state index contributed by atoms with van der Waals surface area (Å²) >= 11 is 0. The normalized spacial score (nSPS) is 10.0. The van der Waals surface area contributed by atoms with Gasteiger partial charge in [-0.3, -0.25) is 4.79 Å². The van der Waals surface area contributed by atoms with Gasteiger partial charge in [0.05, 0.1) is 0 Å². The standard InChI is InChI=1S/C19H24N2O.ClH/c1-13-10-14(2)17(15(3)11-13)12-21-19(22)9-8-16-6-4-5-7-18(16)20;/h4-7,10-11H,8-9,12,20H2,1-3H3,(H,21,22);1H. The molecule has 2 aromatic rings. The SMILES string of the molecule is Cc1cc(C)c(CNC(=O)CCc2ccccc2N)c(C)c1.Cl. The highest BCUT2D eigenvalue weighted by molar-refractivity contribution is 5.85. The molecule has 0 spiro atoms. The maximum absolute atomic E-state index is 12.0. The fraction of sp³-hybridized carbons (Fsp3) is 0.316. The van der Waals surface area contributed by atoms with Crippen LogP contribution in [-0.2, 0) is 17.8 Å². The lowest BCUT2D eigenvalue weighted by molar-refractivity contribution is -0.121. The number of carbonyl (C=O) groups is 1. The van der Waals surface area contributed by atoms with E-state index in [9.17, 15) is 4.79 Å². The molecule has 3 nitrogen and oxygen atoms in total. The third-order valence-electron chi connectivity index (χ3n) is 3.98. The second-order valence-corrected chi connectivity index (χ2v) is 5.85. The molecular weight excluding hydrogens is 308 g/mol. The number of benzene rings is 2. The van der Waals surface area contributed by atoms with Gasteiger partial charge in [0.2, 0.25) is 5.91 Å². The van der Waals surface area contributed by atoms with Crippen molar-refractivity contribution in [3.05, 3.63) is 64.2 Å². The maximum atomic E-state index is 12.0. The van der Waals surface area contributed by atoms with E-state index in [4.69, 9.17) is 5.73 Å². The monoisotopic (exact) mass is 332 g/mol. The number of halogens is 1. The van der Waals surface area contributed by atoms with Crippen molar-refractivity contribution >= 4 is 24.0 Å². The van der Waals surface area contributed by atoms with Crippen LogP contribution in [0, 0.1) is 20.8 Å². The molecule has 0 radical (unpaired) electrons. The molecule has 0 aliphatic heterocycles. The average molecular weight is 333 g/mol. The van der Waals surface area contributed by atoms with Crippen LogP contribution in [0.2, 0.25) is 0 Å². The van der Waals surface area contributed by atoms with Gasteiger partial charge in [0, 0.05) is 18.7 Å². The Hall–Kier alpha value is -2.00. The Bertz CT molecular complexity index is 660. The van der Waals surface area contributed by atoms with Crippen molar-refractivity contribution in [2.45, 2.75) is 40.2 Å². The Balaban J connectivity index is 0.00000264. The Morgan fingerprint density at radius 2 is 1.70 bits per heavy atom.